The van der Waals surface area contributed by atoms with Crippen molar-refractivity contribution in [2.24, 2.45) is 9.98 Å². The van der Waals surface area contributed by atoms with Crippen molar-refractivity contribution < 1.29 is 0 Å². The third-order valence-electron chi connectivity index (χ3n) is 9.33. The molecule has 246 valence electrons. The lowest BCUT2D eigenvalue weighted by Crippen LogP contribution is -2.33. The van der Waals surface area contributed by atoms with Crippen LogP contribution in [0.3, 0.4) is 0 Å². The average Bonchev–Trinajstić information content (AvgIpc) is 3.22. The second-order valence-electron chi connectivity index (χ2n) is 13.1. The van der Waals surface area contributed by atoms with Gasteiger partial charge in [0.25, 0.3) is 0 Å². The summed E-state index contributed by atoms with van der Waals surface area (Å²) in [4.78, 5) is 24.6. The van der Waals surface area contributed by atoms with Crippen LogP contribution in [0.25, 0.3) is 34.2 Å². The first kappa shape index (κ1) is 31.7. The SMILES string of the molecule is CC(C)(c1ccc(-c2nc(-c3ccccc3)nc(-c3ccccc3)n2)cc1)c1ccc(C2N=C(c3ccccc3)N=C(c3ccccc3)N2)cc1. The van der Waals surface area contributed by atoms with Gasteiger partial charge in [-0.1, -0.05) is 184 Å². The van der Waals surface area contributed by atoms with Crippen LogP contribution in [0.5, 0.6) is 0 Å². The quantitative estimate of drug-likeness (QED) is 0.176. The van der Waals surface area contributed by atoms with Crippen molar-refractivity contribution in [1.82, 2.24) is 20.3 Å². The van der Waals surface area contributed by atoms with Crippen LogP contribution >= 0.6 is 0 Å². The molecule has 0 bridgehead atoms. The predicted octanol–water partition coefficient (Wildman–Crippen LogP) is 9.69. The van der Waals surface area contributed by atoms with Gasteiger partial charge >= 0.3 is 0 Å². The Morgan fingerprint density at radius 3 is 1.29 bits per heavy atom. The molecule has 2 heterocycles. The first-order valence-corrected chi connectivity index (χ1v) is 17.1. The predicted molar refractivity (Wildman–Crippen MR) is 207 cm³/mol. The molecule has 0 fully saturated rings. The molecule has 1 N–H and O–H groups in total. The molecule has 6 aromatic carbocycles. The standard InChI is InChI=1S/C45H36N6/c1-45(2,37-27-23-35(24-28-37)43-48-39(31-15-7-3-8-16-31)46-40(49-43)32-17-9-4-10-18-32)38-29-25-36(26-30-38)44-50-41(33-19-11-5-12-20-33)47-42(51-44)34-21-13-6-14-22-34/h3-30,43H,1-2H3,(H,46,48,49). The van der Waals surface area contributed by atoms with Gasteiger partial charge < -0.3 is 5.32 Å². The molecule has 1 aliphatic heterocycles. The normalized spacial score (nSPS) is 14.3. The molecule has 51 heavy (non-hydrogen) atoms. The highest BCUT2D eigenvalue weighted by Crippen LogP contribution is 2.34. The Bertz CT molecular complexity index is 2260. The summed E-state index contributed by atoms with van der Waals surface area (Å²) in [5, 5.41) is 3.57. The van der Waals surface area contributed by atoms with Gasteiger partial charge in [0.1, 0.15) is 12.0 Å². The summed E-state index contributed by atoms with van der Waals surface area (Å²) in [5.41, 5.74) is 8.07. The molecule has 0 aliphatic carbocycles. The number of aromatic nitrogens is 3. The molecule has 6 heteroatoms. The third kappa shape index (κ3) is 6.72. The molecule has 1 atom stereocenters. The van der Waals surface area contributed by atoms with E-state index in [-0.39, 0.29) is 11.6 Å². The maximum absolute atomic E-state index is 5.04. The molecular weight excluding hydrogens is 625 g/mol. The summed E-state index contributed by atoms with van der Waals surface area (Å²) >= 11 is 0. The smallest absolute Gasteiger partial charge is 0.164 e. The van der Waals surface area contributed by atoms with E-state index in [0.717, 1.165) is 39.2 Å². The number of benzene rings is 6. The van der Waals surface area contributed by atoms with Crippen LogP contribution in [-0.4, -0.2) is 26.6 Å². The van der Waals surface area contributed by atoms with Gasteiger partial charge in [0.2, 0.25) is 0 Å². The van der Waals surface area contributed by atoms with Crippen LogP contribution in [0, 0.1) is 0 Å². The Hall–Kier alpha value is -6.53. The minimum atomic E-state index is -0.272. The molecule has 6 nitrogen and oxygen atoms in total. The summed E-state index contributed by atoms with van der Waals surface area (Å²) in [5.74, 6) is 3.47. The summed E-state index contributed by atoms with van der Waals surface area (Å²) in [6.07, 6.45) is -0.272. The number of nitrogens with zero attached hydrogens (tertiary/aromatic N) is 5. The van der Waals surface area contributed by atoms with Crippen molar-refractivity contribution in [3.8, 4) is 34.2 Å². The zero-order chi connectivity index (χ0) is 34.6. The molecule has 0 saturated heterocycles. The first-order valence-electron chi connectivity index (χ1n) is 17.1. The lowest BCUT2D eigenvalue weighted by Gasteiger charge is -2.28. The Morgan fingerprint density at radius 1 is 0.431 bits per heavy atom. The van der Waals surface area contributed by atoms with E-state index in [1.54, 1.807) is 0 Å². The van der Waals surface area contributed by atoms with Crippen LogP contribution in [0.2, 0.25) is 0 Å². The second-order valence-corrected chi connectivity index (χ2v) is 13.1. The van der Waals surface area contributed by atoms with E-state index in [0.29, 0.717) is 23.3 Å². The van der Waals surface area contributed by atoms with Crippen LogP contribution in [-0.2, 0) is 5.41 Å². The molecule has 8 rings (SSSR count). The molecule has 0 radical (unpaired) electrons. The number of hydrogen-bond donors (Lipinski definition) is 1. The molecule has 1 unspecified atom stereocenters. The molecule has 7 aromatic rings. The Morgan fingerprint density at radius 2 is 0.824 bits per heavy atom. The van der Waals surface area contributed by atoms with E-state index in [1.807, 2.05) is 97.1 Å². The van der Waals surface area contributed by atoms with Crippen LogP contribution in [0.15, 0.2) is 180 Å². The van der Waals surface area contributed by atoms with Crippen LogP contribution in [0.1, 0.15) is 47.8 Å². The topological polar surface area (TPSA) is 75.4 Å². The number of amidine groups is 2. The monoisotopic (exact) mass is 660 g/mol. The maximum atomic E-state index is 5.04. The van der Waals surface area contributed by atoms with Gasteiger partial charge in [-0.3, -0.25) is 0 Å². The maximum Gasteiger partial charge on any atom is 0.164 e. The van der Waals surface area contributed by atoms with E-state index in [1.165, 1.54) is 11.1 Å². The summed E-state index contributed by atoms with van der Waals surface area (Å²) in [6.45, 7) is 4.51. The molecule has 0 spiro atoms. The second kappa shape index (κ2) is 13.8. The molecule has 0 saturated carbocycles. The largest absolute Gasteiger partial charge is 0.344 e. The number of rotatable bonds is 8. The van der Waals surface area contributed by atoms with Gasteiger partial charge in [0.15, 0.2) is 23.3 Å². The number of aliphatic imine (C=N–C) groups is 2. The van der Waals surface area contributed by atoms with Gasteiger partial charge in [0.05, 0.1) is 0 Å². The van der Waals surface area contributed by atoms with E-state index in [9.17, 15) is 0 Å². The zero-order valence-electron chi connectivity index (χ0n) is 28.5. The van der Waals surface area contributed by atoms with Gasteiger partial charge in [-0.05, 0) is 16.7 Å². The van der Waals surface area contributed by atoms with Gasteiger partial charge in [-0.2, -0.15) is 0 Å². The fraction of sp³-hybridized carbons (Fsp3) is 0.0889. The Balaban J connectivity index is 1.07. The highest BCUT2D eigenvalue weighted by molar-refractivity contribution is 6.13. The lowest BCUT2D eigenvalue weighted by atomic mass is 9.77. The molecule has 1 aliphatic rings. The van der Waals surface area contributed by atoms with E-state index >= 15 is 0 Å². The fourth-order valence-corrected chi connectivity index (χ4v) is 6.30. The van der Waals surface area contributed by atoms with E-state index in [2.05, 4.69) is 92.0 Å². The van der Waals surface area contributed by atoms with Gasteiger partial charge in [0, 0.05) is 33.2 Å². The van der Waals surface area contributed by atoms with Gasteiger partial charge in [-0.15, -0.1) is 0 Å². The van der Waals surface area contributed by atoms with Crippen molar-refractivity contribution >= 4 is 11.7 Å². The summed E-state index contributed by atoms with van der Waals surface area (Å²) in [6, 6.07) is 57.8. The van der Waals surface area contributed by atoms with Crippen LogP contribution < -0.4 is 5.32 Å². The number of nitrogens with one attached hydrogen (secondary N) is 1. The minimum Gasteiger partial charge on any atom is -0.344 e. The molecular formula is C45H36N6. The zero-order valence-corrected chi connectivity index (χ0v) is 28.5. The summed E-state index contributed by atoms with van der Waals surface area (Å²) < 4.78 is 0. The van der Waals surface area contributed by atoms with Crippen molar-refractivity contribution in [1.29, 1.82) is 0 Å². The minimum absolute atomic E-state index is 0.254. The van der Waals surface area contributed by atoms with Crippen molar-refractivity contribution in [3.05, 3.63) is 198 Å². The van der Waals surface area contributed by atoms with E-state index in [4.69, 9.17) is 24.9 Å². The van der Waals surface area contributed by atoms with Gasteiger partial charge in [-0.25, -0.2) is 24.9 Å². The third-order valence-corrected chi connectivity index (χ3v) is 9.33. The average molecular weight is 661 g/mol. The number of hydrogen-bond acceptors (Lipinski definition) is 6. The fourth-order valence-electron chi connectivity index (χ4n) is 6.30. The first-order chi connectivity index (χ1) is 25.0. The van der Waals surface area contributed by atoms with Crippen LogP contribution in [0.4, 0.5) is 0 Å². The van der Waals surface area contributed by atoms with Crippen molar-refractivity contribution in [2.75, 3.05) is 0 Å². The Kier molecular flexibility index (Phi) is 8.56. The highest BCUT2D eigenvalue weighted by Gasteiger charge is 2.25. The molecule has 1 aromatic heterocycles. The molecule has 0 amide bonds. The lowest BCUT2D eigenvalue weighted by molar-refractivity contribution is 0.636. The Labute approximate surface area is 298 Å². The van der Waals surface area contributed by atoms with E-state index < -0.39 is 0 Å². The van der Waals surface area contributed by atoms with Crippen molar-refractivity contribution in [2.45, 2.75) is 25.4 Å². The van der Waals surface area contributed by atoms with Crippen molar-refractivity contribution in [3.63, 3.8) is 0 Å². The summed E-state index contributed by atoms with van der Waals surface area (Å²) in [7, 11) is 0. The highest BCUT2D eigenvalue weighted by atomic mass is 15.2.